The molecule has 3 rings (SSSR count). The van der Waals surface area contributed by atoms with E-state index in [1.807, 2.05) is 16.8 Å². The van der Waals surface area contributed by atoms with Crippen LogP contribution in [0.3, 0.4) is 0 Å². The molecule has 74 valence electrons. The van der Waals surface area contributed by atoms with Gasteiger partial charge in [0.05, 0.1) is 12.3 Å². The minimum atomic E-state index is 0.0190. The Labute approximate surface area is 81.8 Å². The van der Waals surface area contributed by atoms with Gasteiger partial charge in [-0.3, -0.25) is 0 Å². The summed E-state index contributed by atoms with van der Waals surface area (Å²) in [5.41, 5.74) is 1.83. The lowest BCUT2D eigenvalue weighted by Gasteiger charge is -1.99. The standard InChI is InChI=1S/C10H13N3O/c14-7-9-5-10-12(6-8-1-2-8)3-4-13(10)11-9/h3-5,8,14H,1-2,6-7H2. The van der Waals surface area contributed by atoms with Gasteiger partial charge in [-0.15, -0.1) is 0 Å². The number of hydrogen-bond donors (Lipinski definition) is 1. The van der Waals surface area contributed by atoms with Crippen molar-refractivity contribution in [3.05, 3.63) is 24.2 Å². The zero-order chi connectivity index (χ0) is 9.54. The van der Waals surface area contributed by atoms with Crippen LogP contribution in [0, 0.1) is 5.92 Å². The molecular formula is C10H13N3O. The van der Waals surface area contributed by atoms with Crippen LogP contribution in [0.5, 0.6) is 0 Å². The minimum Gasteiger partial charge on any atom is -0.390 e. The number of aromatic nitrogens is 3. The molecule has 4 heteroatoms. The predicted molar refractivity (Wildman–Crippen MR) is 51.8 cm³/mol. The van der Waals surface area contributed by atoms with E-state index < -0.39 is 0 Å². The van der Waals surface area contributed by atoms with Crippen molar-refractivity contribution in [2.75, 3.05) is 0 Å². The van der Waals surface area contributed by atoms with Crippen LogP contribution < -0.4 is 0 Å². The predicted octanol–water partition coefficient (Wildman–Crippen LogP) is 1.04. The maximum absolute atomic E-state index is 8.96. The highest BCUT2D eigenvalue weighted by Crippen LogP contribution is 2.31. The maximum Gasteiger partial charge on any atom is 0.136 e. The molecule has 0 bridgehead atoms. The monoisotopic (exact) mass is 191 g/mol. The van der Waals surface area contributed by atoms with Crippen molar-refractivity contribution in [2.45, 2.75) is 26.0 Å². The first-order chi connectivity index (χ1) is 6.86. The van der Waals surface area contributed by atoms with Gasteiger partial charge in [-0.25, -0.2) is 4.52 Å². The molecule has 0 aliphatic heterocycles. The van der Waals surface area contributed by atoms with Crippen molar-refractivity contribution in [3.8, 4) is 0 Å². The molecule has 0 spiro atoms. The Kier molecular flexibility index (Phi) is 1.64. The average Bonchev–Trinajstić information content (AvgIpc) is 2.77. The molecular weight excluding hydrogens is 178 g/mol. The molecule has 1 N–H and O–H groups in total. The normalized spacial score (nSPS) is 16.6. The Morgan fingerprint density at radius 2 is 2.29 bits per heavy atom. The van der Waals surface area contributed by atoms with Crippen LogP contribution in [0.25, 0.3) is 5.65 Å². The molecule has 0 amide bonds. The van der Waals surface area contributed by atoms with Crippen LogP contribution in [0.4, 0.5) is 0 Å². The summed E-state index contributed by atoms with van der Waals surface area (Å²) in [5.74, 6) is 0.860. The summed E-state index contributed by atoms with van der Waals surface area (Å²) in [5, 5.41) is 13.2. The number of imidazole rings is 1. The average molecular weight is 191 g/mol. The van der Waals surface area contributed by atoms with E-state index in [2.05, 4.69) is 15.9 Å². The van der Waals surface area contributed by atoms with Crippen molar-refractivity contribution in [1.29, 1.82) is 0 Å². The van der Waals surface area contributed by atoms with Gasteiger partial charge in [0.2, 0.25) is 0 Å². The van der Waals surface area contributed by atoms with Gasteiger partial charge in [0.1, 0.15) is 5.65 Å². The molecule has 2 aromatic rings. The van der Waals surface area contributed by atoms with Crippen LogP contribution in [0.2, 0.25) is 0 Å². The van der Waals surface area contributed by atoms with Crippen molar-refractivity contribution in [2.24, 2.45) is 5.92 Å². The van der Waals surface area contributed by atoms with E-state index in [1.54, 1.807) is 0 Å². The Morgan fingerprint density at radius 1 is 1.43 bits per heavy atom. The topological polar surface area (TPSA) is 42.5 Å². The van der Waals surface area contributed by atoms with E-state index in [-0.39, 0.29) is 6.61 Å². The summed E-state index contributed by atoms with van der Waals surface area (Å²) >= 11 is 0. The van der Waals surface area contributed by atoms with Crippen molar-refractivity contribution < 1.29 is 5.11 Å². The Balaban J connectivity index is 2.00. The SMILES string of the molecule is OCc1cc2n(CC3CC3)ccn2n1. The highest BCUT2D eigenvalue weighted by atomic mass is 16.3. The Bertz CT molecular complexity index is 453. The first-order valence-corrected chi connectivity index (χ1v) is 5.01. The largest absolute Gasteiger partial charge is 0.390 e. The fourth-order valence-electron chi connectivity index (χ4n) is 1.79. The first kappa shape index (κ1) is 8.05. The van der Waals surface area contributed by atoms with Crippen LogP contribution in [0.1, 0.15) is 18.5 Å². The van der Waals surface area contributed by atoms with Gasteiger partial charge >= 0.3 is 0 Å². The molecule has 1 saturated carbocycles. The summed E-state index contributed by atoms with van der Waals surface area (Å²) in [7, 11) is 0. The third-order valence-corrected chi connectivity index (χ3v) is 2.76. The molecule has 0 aromatic carbocycles. The molecule has 0 saturated heterocycles. The summed E-state index contributed by atoms with van der Waals surface area (Å²) in [6.07, 6.45) is 6.70. The van der Waals surface area contributed by atoms with Gasteiger partial charge in [0.25, 0.3) is 0 Å². The molecule has 0 radical (unpaired) electrons. The zero-order valence-electron chi connectivity index (χ0n) is 7.93. The van der Waals surface area contributed by atoms with E-state index in [0.29, 0.717) is 0 Å². The second-order valence-electron chi connectivity index (χ2n) is 3.99. The Morgan fingerprint density at radius 3 is 3.00 bits per heavy atom. The fourth-order valence-corrected chi connectivity index (χ4v) is 1.79. The lowest BCUT2D eigenvalue weighted by atomic mass is 10.4. The number of hydrogen-bond acceptors (Lipinski definition) is 2. The van der Waals surface area contributed by atoms with Crippen LogP contribution in [-0.2, 0) is 13.2 Å². The molecule has 2 aromatic heterocycles. The van der Waals surface area contributed by atoms with Crippen LogP contribution >= 0.6 is 0 Å². The molecule has 1 aliphatic carbocycles. The maximum atomic E-state index is 8.96. The molecule has 1 fully saturated rings. The number of nitrogens with zero attached hydrogens (tertiary/aromatic N) is 3. The van der Waals surface area contributed by atoms with E-state index >= 15 is 0 Å². The van der Waals surface area contributed by atoms with Crippen LogP contribution in [-0.4, -0.2) is 19.3 Å². The summed E-state index contributed by atoms with van der Waals surface area (Å²) in [6.45, 7) is 1.11. The highest BCUT2D eigenvalue weighted by Gasteiger charge is 2.22. The van der Waals surface area contributed by atoms with Gasteiger partial charge in [-0.05, 0) is 18.8 Å². The second kappa shape index (κ2) is 2.85. The van der Waals surface area contributed by atoms with Gasteiger partial charge < -0.3 is 9.67 Å². The number of aliphatic hydroxyl groups is 1. The zero-order valence-corrected chi connectivity index (χ0v) is 7.93. The van der Waals surface area contributed by atoms with E-state index in [4.69, 9.17) is 5.11 Å². The lowest BCUT2D eigenvalue weighted by molar-refractivity contribution is 0.276. The van der Waals surface area contributed by atoms with Gasteiger partial charge in [-0.1, -0.05) is 0 Å². The van der Waals surface area contributed by atoms with Crippen molar-refractivity contribution in [3.63, 3.8) is 0 Å². The quantitative estimate of drug-likeness (QED) is 0.787. The van der Waals surface area contributed by atoms with Gasteiger partial charge in [0.15, 0.2) is 0 Å². The summed E-state index contributed by atoms with van der Waals surface area (Å²) in [4.78, 5) is 0. The minimum absolute atomic E-state index is 0.0190. The number of rotatable bonds is 3. The molecule has 1 aliphatic rings. The lowest BCUT2D eigenvalue weighted by Crippen LogP contribution is -1.97. The van der Waals surface area contributed by atoms with E-state index in [1.165, 1.54) is 12.8 Å². The van der Waals surface area contributed by atoms with E-state index in [9.17, 15) is 0 Å². The Hall–Kier alpha value is -1.29. The molecule has 0 atom stereocenters. The van der Waals surface area contributed by atoms with Gasteiger partial charge in [0, 0.05) is 25.0 Å². The van der Waals surface area contributed by atoms with Crippen LogP contribution in [0.15, 0.2) is 18.5 Å². The molecule has 4 nitrogen and oxygen atoms in total. The van der Waals surface area contributed by atoms with Gasteiger partial charge in [-0.2, -0.15) is 5.10 Å². The fraction of sp³-hybridized carbons (Fsp3) is 0.500. The van der Waals surface area contributed by atoms with Crippen molar-refractivity contribution >= 4 is 5.65 Å². The number of fused-ring (bicyclic) bond motifs is 1. The first-order valence-electron chi connectivity index (χ1n) is 5.01. The summed E-state index contributed by atoms with van der Waals surface area (Å²) in [6, 6.07) is 1.95. The second-order valence-corrected chi connectivity index (χ2v) is 3.99. The summed E-state index contributed by atoms with van der Waals surface area (Å²) < 4.78 is 4.04. The number of aliphatic hydroxyl groups excluding tert-OH is 1. The van der Waals surface area contributed by atoms with Crippen molar-refractivity contribution in [1.82, 2.24) is 14.2 Å². The third-order valence-electron chi connectivity index (χ3n) is 2.76. The molecule has 14 heavy (non-hydrogen) atoms. The third kappa shape index (κ3) is 1.23. The van der Waals surface area contributed by atoms with E-state index in [0.717, 1.165) is 23.8 Å². The highest BCUT2D eigenvalue weighted by molar-refractivity contribution is 5.41. The smallest absolute Gasteiger partial charge is 0.136 e. The molecule has 2 heterocycles. The molecule has 0 unspecified atom stereocenters.